The van der Waals surface area contributed by atoms with Gasteiger partial charge in [-0.05, 0) is 39.5 Å². The second kappa shape index (κ2) is 9.76. The summed E-state index contributed by atoms with van der Waals surface area (Å²) in [5, 5.41) is 5.71. The molecule has 1 fully saturated rings. The van der Waals surface area contributed by atoms with Crippen LogP contribution in [0, 0.1) is 0 Å². The molecular weight excluding hydrogens is 372 g/mol. The number of amides is 2. The van der Waals surface area contributed by atoms with E-state index in [2.05, 4.69) is 27.5 Å². The Morgan fingerprint density at radius 2 is 2.00 bits per heavy atom. The van der Waals surface area contributed by atoms with Gasteiger partial charge < -0.3 is 25.0 Å². The number of para-hydroxylation sites is 1. The second-order valence-corrected chi connectivity index (χ2v) is 7.32. The zero-order valence-electron chi connectivity index (χ0n) is 17.4. The van der Waals surface area contributed by atoms with Crippen molar-refractivity contribution in [2.45, 2.75) is 19.4 Å². The number of methoxy groups -OCH3 is 1. The van der Waals surface area contributed by atoms with E-state index < -0.39 is 12.0 Å². The fourth-order valence-electron chi connectivity index (χ4n) is 3.81. The number of hydrogen-bond acceptors (Lipinski definition) is 6. The molecular formula is C21H30N4O4. The summed E-state index contributed by atoms with van der Waals surface area (Å²) < 4.78 is 10.8. The van der Waals surface area contributed by atoms with Gasteiger partial charge in [-0.2, -0.15) is 0 Å². The highest BCUT2D eigenvalue weighted by Gasteiger charge is 2.35. The van der Waals surface area contributed by atoms with E-state index in [9.17, 15) is 9.59 Å². The van der Waals surface area contributed by atoms with E-state index in [-0.39, 0.29) is 6.03 Å². The van der Waals surface area contributed by atoms with Gasteiger partial charge in [-0.3, -0.25) is 4.90 Å². The van der Waals surface area contributed by atoms with Crippen molar-refractivity contribution in [2.24, 2.45) is 0 Å². The van der Waals surface area contributed by atoms with Gasteiger partial charge in [0, 0.05) is 30.9 Å². The topological polar surface area (TPSA) is 83.1 Å². The number of likely N-dealkylation sites (N-methyl/N-ethyl adjacent to an activating group) is 1. The van der Waals surface area contributed by atoms with Crippen molar-refractivity contribution in [1.82, 2.24) is 20.4 Å². The molecule has 0 bridgehead atoms. The van der Waals surface area contributed by atoms with Crippen LogP contribution in [-0.4, -0.2) is 75.3 Å². The van der Waals surface area contributed by atoms with E-state index >= 15 is 0 Å². The highest BCUT2D eigenvalue weighted by atomic mass is 16.5. The van der Waals surface area contributed by atoms with E-state index in [0.717, 1.165) is 38.2 Å². The summed E-state index contributed by atoms with van der Waals surface area (Å²) in [5.74, 6) is 0.176. The number of rotatable bonds is 6. The highest BCUT2D eigenvalue weighted by Crippen LogP contribution is 2.33. The van der Waals surface area contributed by atoms with Gasteiger partial charge in [0.05, 0.1) is 25.3 Å². The van der Waals surface area contributed by atoms with Crippen molar-refractivity contribution in [3.05, 3.63) is 41.1 Å². The molecule has 8 nitrogen and oxygen atoms in total. The van der Waals surface area contributed by atoms with Gasteiger partial charge >= 0.3 is 12.0 Å². The molecule has 0 aliphatic carbocycles. The standard InChI is InChI=1S/C21H30N4O4/c1-4-29-17-9-6-5-8-15(17)19-18(20(26)28-3)16(22-21(27)23-19)14-25-11-7-10-24(2)12-13-25/h5-6,8-9,19H,4,7,10-14H2,1-3H3,(H2,22,23,27)/t19-/m0/s1. The maximum atomic E-state index is 12.8. The van der Waals surface area contributed by atoms with E-state index in [1.165, 1.54) is 7.11 Å². The maximum Gasteiger partial charge on any atom is 0.338 e. The largest absolute Gasteiger partial charge is 0.494 e. The molecule has 2 aliphatic rings. The fraction of sp³-hybridized carbons (Fsp3) is 0.524. The van der Waals surface area contributed by atoms with Crippen molar-refractivity contribution < 1.29 is 19.1 Å². The smallest absolute Gasteiger partial charge is 0.338 e. The lowest BCUT2D eigenvalue weighted by Crippen LogP contribution is -2.48. The molecule has 1 atom stereocenters. The zero-order valence-corrected chi connectivity index (χ0v) is 17.4. The number of nitrogens with one attached hydrogen (secondary N) is 2. The molecule has 2 amide bonds. The first-order valence-corrected chi connectivity index (χ1v) is 10.0. The number of benzene rings is 1. The Kier molecular flexibility index (Phi) is 7.11. The molecule has 1 aromatic carbocycles. The third-order valence-corrected chi connectivity index (χ3v) is 5.28. The van der Waals surface area contributed by atoms with Crippen LogP contribution in [0.5, 0.6) is 5.75 Å². The molecule has 2 heterocycles. The van der Waals surface area contributed by atoms with Crippen LogP contribution in [0.4, 0.5) is 4.79 Å². The Balaban J connectivity index is 1.98. The first-order valence-electron chi connectivity index (χ1n) is 10.0. The predicted octanol–water partition coefficient (Wildman–Crippen LogP) is 1.50. The number of ether oxygens (including phenoxy) is 2. The third-order valence-electron chi connectivity index (χ3n) is 5.28. The Morgan fingerprint density at radius 1 is 1.21 bits per heavy atom. The Bertz CT molecular complexity index is 780. The van der Waals surface area contributed by atoms with E-state index in [1.807, 2.05) is 31.2 Å². The highest BCUT2D eigenvalue weighted by molar-refractivity contribution is 5.95. The van der Waals surface area contributed by atoms with Gasteiger partial charge in [0.2, 0.25) is 0 Å². The molecule has 0 aromatic heterocycles. The summed E-state index contributed by atoms with van der Waals surface area (Å²) in [7, 11) is 3.46. The van der Waals surface area contributed by atoms with Gasteiger partial charge in [-0.25, -0.2) is 9.59 Å². The molecule has 29 heavy (non-hydrogen) atoms. The van der Waals surface area contributed by atoms with Gasteiger partial charge in [0.15, 0.2) is 0 Å². The van der Waals surface area contributed by atoms with Crippen LogP contribution in [-0.2, 0) is 9.53 Å². The van der Waals surface area contributed by atoms with Crippen LogP contribution in [0.15, 0.2) is 35.5 Å². The van der Waals surface area contributed by atoms with Crippen molar-refractivity contribution in [1.29, 1.82) is 0 Å². The lowest BCUT2D eigenvalue weighted by Gasteiger charge is -2.32. The molecule has 1 saturated heterocycles. The van der Waals surface area contributed by atoms with Gasteiger partial charge in [0.25, 0.3) is 0 Å². The normalized spacial score (nSPS) is 21.2. The van der Waals surface area contributed by atoms with Crippen LogP contribution in [0.2, 0.25) is 0 Å². The fourth-order valence-corrected chi connectivity index (χ4v) is 3.81. The van der Waals surface area contributed by atoms with E-state index in [4.69, 9.17) is 9.47 Å². The van der Waals surface area contributed by atoms with Crippen molar-refractivity contribution in [2.75, 3.05) is 53.5 Å². The minimum absolute atomic E-state index is 0.337. The molecule has 8 heteroatoms. The van der Waals surface area contributed by atoms with Crippen molar-refractivity contribution >= 4 is 12.0 Å². The maximum absolute atomic E-state index is 12.8. The molecule has 1 aromatic rings. The summed E-state index contributed by atoms with van der Waals surface area (Å²) in [6.07, 6.45) is 1.04. The second-order valence-electron chi connectivity index (χ2n) is 7.32. The molecule has 158 valence electrons. The third kappa shape index (κ3) is 5.07. The van der Waals surface area contributed by atoms with Gasteiger partial charge in [-0.15, -0.1) is 0 Å². The molecule has 2 aliphatic heterocycles. The number of hydrogen-bond donors (Lipinski definition) is 2. The number of carbonyl (C=O) groups is 2. The minimum atomic E-state index is -0.636. The first-order chi connectivity index (χ1) is 14.0. The lowest BCUT2D eigenvalue weighted by atomic mass is 9.94. The minimum Gasteiger partial charge on any atom is -0.494 e. The van der Waals surface area contributed by atoms with Crippen LogP contribution in [0.3, 0.4) is 0 Å². The molecule has 0 saturated carbocycles. The SMILES string of the molecule is CCOc1ccccc1[C@@H]1NC(=O)NC(CN2CCCN(C)CC2)=C1C(=O)OC. The average Bonchev–Trinajstić information content (AvgIpc) is 2.92. The average molecular weight is 402 g/mol. The molecule has 0 spiro atoms. The number of esters is 1. The Morgan fingerprint density at radius 3 is 2.76 bits per heavy atom. The summed E-state index contributed by atoms with van der Waals surface area (Å²) >= 11 is 0. The first kappa shape index (κ1) is 21.1. The van der Waals surface area contributed by atoms with Crippen LogP contribution >= 0.6 is 0 Å². The molecule has 2 N–H and O–H groups in total. The molecule has 3 rings (SSSR count). The molecule has 0 unspecified atom stereocenters. The van der Waals surface area contributed by atoms with Crippen molar-refractivity contribution in [3.8, 4) is 5.75 Å². The van der Waals surface area contributed by atoms with E-state index in [1.54, 1.807) is 0 Å². The number of carbonyl (C=O) groups excluding carboxylic acids is 2. The summed E-state index contributed by atoms with van der Waals surface area (Å²) in [6.45, 7) is 6.64. The number of nitrogens with zero attached hydrogens (tertiary/aromatic N) is 2. The zero-order chi connectivity index (χ0) is 20.8. The van der Waals surface area contributed by atoms with E-state index in [0.29, 0.717) is 30.2 Å². The lowest BCUT2D eigenvalue weighted by molar-refractivity contribution is -0.136. The van der Waals surface area contributed by atoms with Gasteiger partial charge in [-0.1, -0.05) is 18.2 Å². The predicted molar refractivity (Wildman–Crippen MR) is 110 cm³/mol. The monoisotopic (exact) mass is 402 g/mol. The summed E-state index contributed by atoms with van der Waals surface area (Å²) in [5.41, 5.74) is 1.73. The van der Waals surface area contributed by atoms with Crippen molar-refractivity contribution in [3.63, 3.8) is 0 Å². The Hall–Kier alpha value is -2.58. The number of urea groups is 1. The summed E-state index contributed by atoms with van der Waals surface area (Å²) in [6, 6.07) is 6.47. The quantitative estimate of drug-likeness (QED) is 0.702. The Labute approximate surface area is 171 Å². The van der Waals surface area contributed by atoms with Crippen LogP contribution < -0.4 is 15.4 Å². The van der Waals surface area contributed by atoms with Gasteiger partial charge in [0.1, 0.15) is 5.75 Å². The van der Waals surface area contributed by atoms with Crippen LogP contribution in [0.25, 0.3) is 0 Å². The molecule has 0 radical (unpaired) electrons. The summed E-state index contributed by atoms with van der Waals surface area (Å²) in [4.78, 5) is 29.8. The van der Waals surface area contributed by atoms with Crippen LogP contribution in [0.1, 0.15) is 24.9 Å².